The van der Waals surface area contributed by atoms with E-state index in [2.05, 4.69) is 20.8 Å². The van der Waals surface area contributed by atoms with Crippen molar-refractivity contribution < 1.29 is 9.59 Å². The maximum Gasteiger partial charge on any atom is 0.251 e. The van der Waals surface area contributed by atoms with Gasteiger partial charge in [-0.2, -0.15) is 0 Å². The van der Waals surface area contributed by atoms with Crippen molar-refractivity contribution in [2.45, 2.75) is 24.5 Å². The van der Waals surface area contributed by atoms with Gasteiger partial charge in [-0.05, 0) is 36.8 Å². The van der Waals surface area contributed by atoms with E-state index in [1.54, 1.807) is 24.3 Å². The molecule has 2 aromatic carbocycles. The predicted molar refractivity (Wildman–Crippen MR) is 122 cm³/mol. The van der Waals surface area contributed by atoms with E-state index >= 15 is 0 Å². The molecule has 0 unspecified atom stereocenters. The van der Waals surface area contributed by atoms with Crippen LogP contribution in [0.1, 0.15) is 34.7 Å². The Balaban J connectivity index is 1.44. The zero-order chi connectivity index (χ0) is 22.2. The van der Waals surface area contributed by atoms with E-state index in [0.29, 0.717) is 28.7 Å². The Hall–Kier alpha value is -2.84. The molecule has 0 spiro atoms. The van der Waals surface area contributed by atoms with E-state index in [-0.39, 0.29) is 23.6 Å². The van der Waals surface area contributed by atoms with Gasteiger partial charge < -0.3 is 15.2 Å². The van der Waals surface area contributed by atoms with Crippen molar-refractivity contribution in [2.24, 2.45) is 7.05 Å². The summed E-state index contributed by atoms with van der Waals surface area (Å²) in [7, 11) is 1.85. The lowest BCUT2D eigenvalue weighted by Gasteiger charge is -2.14. The molecule has 3 aromatic rings. The van der Waals surface area contributed by atoms with Gasteiger partial charge in [-0.1, -0.05) is 53.7 Å². The van der Waals surface area contributed by atoms with E-state index in [4.69, 9.17) is 11.6 Å². The summed E-state index contributed by atoms with van der Waals surface area (Å²) in [5.41, 5.74) is 1.61. The van der Waals surface area contributed by atoms with E-state index in [1.807, 2.05) is 48.9 Å². The van der Waals surface area contributed by atoms with Crippen LogP contribution in [0.15, 0.2) is 59.8 Å². The molecule has 9 heteroatoms. The van der Waals surface area contributed by atoms with Crippen molar-refractivity contribution in [3.63, 3.8) is 0 Å². The Morgan fingerprint density at radius 1 is 1.10 bits per heavy atom. The molecule has 0 bridgehead atoms. The molecule has 1 aromatic heterocycles. The highest BCUT2D eigenvalue weighted by Crippen LogP contribution is 2.17. The smallest absolute Gasteiger partial charge is 0.251 e. The van der Waals surface area contributed by atoms with Crippen LogP contribution in [0.2, 0.25) is 5.02 Å². The monoisotopic (exact) mass is 457 g/mol. The van der Waals surface area contributed by atoms with Crippen molar-refractivity contribution >= 4 is 35.2 Å². The second kappa shape index (κ2) is 11.0. The first-order valence-corrected chi connectivity index (χ1v) is 11.2. The van der Waals surface area contributed by atoms with E-state index in [1.165, 1.54) is 11.8 Å². The van der Waals surface area contributed by atoms with Gasteiger partial charge in [0.2, 0.25) is 5.91 Å². The molecule has 0 aliphatic carbocycles. The number of thioether (sulfide) groups is 1. The highest BCUT2D eigenvalue weighted by molar-refractivity contribution is 7.99. The summed E-state index contributed by atoms with van der Waals surface area (Å²) in [5, 5.41) is 15.4. The third-order valence-electron chi connectivity index (χ3n) is 4.68. The number of nitrogens with one attached hydrogen (secondary N) is 2. The number of halogens is 1. The lowest BCUT2D eigenvalue weighted by Crippen LogP contribution is -2.28. The molecule has 2 N–H and O–H groups in total. The molecule has 0 aliphatic rings. The molecule has 0 saturated carbocycles. The Morgan fingerprint density at radius 3 is 2.52 bits per heavy atom. The zero-order valence-corrected chi connectivity index (χ0v) is 18.9. The van der Waals surface area contributed by atoms with Crippen LogP contribution in [0.3, 0.4) is 0 Å². The van der Waals surface area contributed by atoms with Crippen LogP contribution in [0.4, 0.5) is 0 Å². The van der Waals surface area contributed by atoms with Crippen LogP contribution in [0.25, 0.3) is 0 Å². The quantitative estimate of drug-likeness (QED) is 0.481. The lowest BCUT2D eigenvalue weighted by atomic mass is 10.1. The van der Waals surface area contributed by atoms with Crippen LogP contribution >= 0.6 is 23.4 Å². The minimum Gasteiger partial charge on any atom is -0.352 e. The summed E-state index contributed by atoms with van der Waals surface area (Å²) < 4.78 is 1.84. The number of amides is 2. The summed E-state index contributed by atoms with van der Waals surface area (Å²) in [4.78, 5) is 24.4. The summed E-state index contributed by atoms with van der Waals surface area (Å²) in [6, 6.07) is 16.5. The van der Waals surface area contributed by atoms with Gasteiger partial charge in [0.1, 0.15) is 5.82 Å². The van der Waals surface area contributed by atoms with Gasteiger partial charge in [-0.15, -0.1) is 10.2 Å². The molecular weight excluding hydrogens is 434 g/mol. The van der Waals surface area contributed by atoms with Crippen LogP contribution in [0, 0.1) is 0 Å². The van der Waals surface area contributed by atoms with Crippen molar-refractivity contribution in [1.82, 2.24) is 25.4 Å². The van der Waals surface area contributed by atoms with Gasteiger partial charge >= 0.3 is 0 Å². The minimum absolute atomic E-state index is 0.0615. The Morgan fingerprint density at radius 2 is 1.81 bits per heavy atom. The number of aromatic nitrogens is 3. The van der Waals surface area contributed by atoms with Crippen LogP contribution in [0.5, 0.6) is 0 Å². The minimum atomic E-state index is -0.169. The third-order valence-corrected chi connectivity index (χ3v) is 5.95. The van der Waals surface area contributed by atoms with Gasteiger partial charge in [0.15, 0.2) is 5.16 Å². The van der Waals surface area contributed by atoms with Gasteiger partial charge in [-0.3, -0.25) is 9.59 Å². The molecule has 31 heavy (non-hydrogen) atoms. The van der Waals surface area contributed by atoms with Crippen LogP contribution < -0.4 is 10.6 Å². The molecule has 1 atom stereocenters. The Bertz CT molecular complexity index is 1020. The average Bonchev–Trinajstić information content (AvgIpc) is 3.12. The van der Waals surface area contributed by atoms with E-state index in [0.717, 1.165) is 11.4 Å². The molecular formula is C22H24ClN5O2S. The SMILES string of the molecule is C[C@@H](NC(=O)CSc1nnc(CCNC(=O)c2ccc(Cl)cc2)n1C)c1ccccc1. The Labute approximate surface area is 190 Å². The predicted octanol–water partition coefficient (Wildman–Crippen LogP) is 3.41. The van der Waals surface area contributed by atoms with Gasteiger partial charge in [0, 0.05) is 30.6 Å². The summed E-state index contributed by atoms with van der Waals surface area (Å²) in [6.07, 6.45) is 0.528. The Kier molecular flexibility index (Phi) is 8.08. The first-order chi connectivity index (χ1) is 14.9. The highest BCUT2D eigenvalue weighted by atomic mass is 35.5. The van der Waals surface area contributed by atoms with Gasteiger partial charge in [0.25, 0.3) is 5.91 Å². The van der Waals surface area contributed by atoms with Crippen molar-refractivity contribution in [2.75, 3.05) is 12.3 Å². The largest absolute Gasteiger partial charge is 0.352 e. The molecule has 0 radical (unpaired) electrons. The van der Waals surface area contributed by atoms with Crippen LogP contribution in [-0.2, 0) is 18.3 Å². The average molecular weight is 458 g/mol. The standard InChI is InChI=1S/C22H24ClN5O2S/c1-15(16-6-4-3-5-7-16)25-20(29)14-31-22-27-26-19(28(22)2)12-13-24-21(30)17-8-10-18(23)11-9-17/h3-11,15H,12-14H2,1-2H3,(H,24,30)(H,25,29)/t15-/m1/s1. The maximum absolute atomic E-state index is 12.3. The second-order valence-electron chi connectivity index (χ2n) is 6.96. The summed E-state index contributed by atoms with van der Waals surface area (Å²) in [6.45, 7) is 2.38. The number of hydrogen-bond donors (Lipinski definition) is 2. The number of carbonyl (C=O) groups excluding carboxylic acids is 2. The molecule has 0 fully saturated rings. The molecule has 2 amide bonds. The second-order valence-corrected chi connectivity index (χ2v) is 8.34. The fourth-order valence-electron chi connectivity index (χ4n) is 2.92. The van der Waals surface area contributed by atoms with Gasteiger partial charge in [0.05, 0.1) is 11.8 Å². The first kappa shape index (κ1) is 22.8. The zero-order valence-electron chi connectivity index (χ0n) is 17.3. The van der Waals surface area contributed by atoms with Crippen molar-refractivity contribution in [3.05, 3.63) is 76.6 Å². The molecule has 162 valence electrons. The fourth-order valence-corrected chi connectivity index (χ4v) is 3.79. The molecule has 0 saturated heterocycles. The molecule has 0 aliphatic heterocycles. The number of benzene rings is 2. The van der Waals surface area contributed by atoms with Gasteiger partial charge in [-0.25, -0.2) is 0 Å². The molecule has 3 rings (SSSR count). The number of hydrogen-bond acceptors (Lipinski definition) is 5. The van der Waals surface area contributed by atoms with Crippen molar-refractivity contribution in [1.29, 1.82) is 0 Å². The van der Waals surface area contributed by atoms with Crippen LogP contribution in [-0.4, -0.2) is 38.9 Å². The van der Waals surface area contributed by atoms with E-state index < -0.39 is 0 Å². The first-order valence-electron chi connectivity index (χ1n) is 9.83. The topological polar surface area (TPSA) is 88.9 Å². The lowest BCUT2D eigenvalue weighted by molar-refractivity contribution is -0.119. The fraction of sp³-hybridized carbons (Fsp3) is 0.273. The normalized spacial score (nSPS) is 11.7. The maximum atomic E-state index is 12.3. The third kappa shape index (κ3) is 6.57. The summed E-state index contributed by atoms with van der Waals surface area (Å²) >= 11 is 7.17. The number of rotatable bonds is 9. The highest BCUT2D eigenvalue weighted by Gasteiger charge is 2.14. The number of nitrogens with zero attached hydrogens (tertiary/aromatic N) is 3. The van der Waals surface area contributed by atoms with Crippen molar-refractivity contribution in [3.8, 4) is 0 Å². The van der Waals surface area contributed by atoms with E-state index in [9.17, 15) is 9.59 Å². The number of carbonyl (C=O) groups is 2. The molecule has 7 nitrogen and oxygen atoms in total. The summed E-state index contributed by atoms with van der Waals surface area (Å²) in [5.74, 6) is 0.743. The molecule has 1 heterocycles.